The molecule has 1 aliphatic heterocycles. The second-order valence-electron chi connectivity index (χ2n) is 3.51. The van der Waals surface area contributed by atoms with E-state index in [-0.39, 0.29) is 36.2 Å². The predicted octanol–water partition coefficient (Wildman–Crippen LogP) is 1.72. The van der Waals surface area contributed by atoms with Crippen molar-refractivity contribution >= 4 is 23.4 Å². The zero-order valence-corrected chi connectivity index (χ0v) is 9.58. The largest absolute Gasteiger partial charge is 0.479 e. The van der Waals surface area contributed by atoms with Crippen molar-refractivity contribution < 1.29 is 23.5 Å². The SMILES string of the molecule is CCOC(=O)Nc1cc(F)cc2c1OCC(=O)N2. The Labute approximate surface area is 102 Å². The summed E-state index contributed by atoms with van der Waals surface area (Å²) in [5.41, 5.74) is 0.293. The maximum atomic E-state index is 13.3. The maximum Gasteiger partial charge on any atom is 0.411 e. The molecule has 1 aliphatic rings. The van der Waals surface area contributed by atoms with Crippen molar-refractivity contribution in [3.63, 3.8) is 0 Å². The van der Waals surface area contributed by atoms with Crippen LogP contribution in [0.4, 0.5) is 20.6 Å². The van der Waals surface area contributed by atoms with Gasteiger partial charge in [-0.2, -0.15) is 0 Å². The average molecular weight is 254 g/mol. The lowest BCUT2D eigenvalue weighted by atomic mass is 10.2. The first-order valence-corrected chi connectivity index (χ1v) is 5.30. The minimum atomic E-state index is -0.717. The van der Waals surface area contributed by atoms with Crippen molar-refractivity contribution in [1.82, 2.24) is 0 Å². The topological polar surface area (TPSA) is 76.7 Å². The number of nitrogens with one attached hydrogen (secondary N) is 2. The van der Waals surface area contributed by atoms with Crippen molar-refractivity contribution in [3.8, 4) is 5.75 Å². The van der Waals surface area contributed by atoms with Gasteiger partial charge in [0.05, 0.1) is 18.0 Å². The number of ether oxygens (including phenoxy) is 2. The Kier molecular flexibility index (Phi) is 3.31. The van der Waals surface area contributed by atoms with Crippen molar-refractivity contribution in [2.75, 3.05) is 23.8 Å². The molecule has 2 rings (SSSR count). The first-order valence-electron chi connectivity index (χ1n) is 5.30. The van der Waals surface area contributed by atoms with Gasteiger partial charge in [-0.05, 0) is 6.92 Å². The van der Waals surface area contributed by atoms with Crippen LogP contribution >= 0.6 is 0 Å². The van der Waals surface area contributed by atoms with Crippen LogP contribution < -0.4 is 15.4 Å². The Morgan fingerprint density at radius 3 is 3.11 bits per heavy atom. The number of anilines is 2. The zero-order valence-electron chi connectivity index (χ0n) is 9.58. The normalized spacial score (nSPS) is 13.1. The number of hydrogen-bond donors (Lipinski definition) is 2. The van der Waals surface area contributed by atoms with E-state index in [1.165, 1.54) is 0 Å². The summed E-state index contributed by atoms with van der Waals surface area (Å²) in [7, 11) is 0. The van der Waals surface area contributed by atoms with Gasteiger partial charge in [0.2, 0.25) is 0 Å². The Hall–Kier alpha value is -2.31. The number of fused-ring (bicyclic) bond motifs is 1. The van der Waals surface area contributed by atoms with E-state index in [0.29, 0.717) is 0 Å². The van der Waals surface area contributed by atoms with Crippen molar-refractivity contribution in [2.24, 2.45) is 0 Å². The lowest BCUT2D eigenvalue weighted by Gasteiger charge is -2.20. The van der Waals surface area contributed by atoms with Crippen molar-refractivity contribution in [3.05, 3.63) is 17.9 Å². The molecule has 96 valence electrons. The number of amides is 2. The fourth-order valence-electron chi connectivity index (χ4n) is 1.54. The third-order valence-corrected chi connectivity index (χ3v) is 2.19. The minimum Gasteiger partial charge on any atom is -0.479 e. The van der Waals surface area contributed by atoms with Crippen LogP contribution in [0.5, 0.6) is 5.75 Å². The molecule has 0 atom stereocenters. The molecule has 1 heterocycles. The maximum absolute atomic E-state index is 13.3. The van der Waals surface area contributed by atoms with E-state index >= 15 is 0 Å². The van der Waals surface area contributed by atoms with Gasteiger partial charge in [0.1, 0.15) is 5.82 Å². The molecule has 0 fully saturated rings. The molecular weight excluding hydrogens is 243 g/mol. The van der Waals surface area contributed by atoms with E-state index in [1.807, 2.05) is 0 Å². The van der Waals surface area contributed by atoms with Gasteiger partial charge in [-0.25, -0.2) is 9.18 Å². The van der Waals surface area contributed by atoms with E-state index in [4.69, 9.17) is 4.74 Å². The van der Waals surface area contributed by atoms with Gasteiger partial charge < -0.3 is 14.8 Å². The molecule has 0 aromatic heterocycles. The average Bonchev–Trinajstić information content (AvgIpc) is 2.28. The van der Waals surface area contributed by atoms with Crippen LogP contribution in [0.15, 0.2) is 12.1 Å². The molecule has 1 aromatic carbocycles. The van der Waals surface area contributed by atoms with E-state index in [0.717, 1.165) is 12.1 Å². The molecule has 0 radical (unpaired) electrons. The number of carbonyl (C=O) groups is 2. The number of hydrogen-bond acceptors (Lipinski definition) is 4. The highest BCUT2D eigenvalue weighted by molar-refractivity contribution is 5.98. The van der Waals surface area contributed by atoms with Crippen LogP contribution in [-0.2, 0) is 9.53 Å². The highest BCUT2D eigenvalue weighted by atomic mass is 19.1. The molecular formula is C11H11FN2O4. The van der Waals surface area contributed by atoms with Gasteiger partial charge >= 0.3 is 6.09 Å². The standard InChI is InChI=1S/C11H11FN2O4/c1-2-17-11(16)14-8-4-6(12)3-7-10(8)18-5-9(15)13-7/h3-4H,2,5H2,1H3,(H,13,15)(H,14,16). The fourth-order valence-corrected chi connectivity index (χ4v) is 1.54. The number of halogens is 1. The number of benzene rings is 1. The summed E-state index contributed by atoms with van der Waals surface area (Å²) in [6.45, 7) is 1.66. The molecule has 0 spiro atoms. The Bertz CT molecular complexity index is 504. The van der Waals surface area contributed by atoms with Crippen LogP contribution in [0.1, 0.15) is 6.92 Å². The van der Waals surface area contributed by atoms with E-state index < -0.39 is 11.9 Å². The molecule has 2 amide bonds. The Morgan fingerprint density at radius 1 is 1.61 bits per heavy atom. The summed E-state index contributed by atoms with van der Waals surface area (Å²) in [5, 5.41) is 4.80. The number of carbonyl (C=O) groups excluding carboxylic acids is 2. The monoisotopic (exact) mass is 254 g/mol. The molecule has 6 nitrogen and oxygen atoms in total. The molecule has 0 saturated heterocycles. The van der Waals surface area contributed by atoms with Crippen LogP contribution in [0.3, 0.4) is 0 Å². The minimum absolute atomic E-state index is 0.114. The van der Waals surface area contributed by atoms with Crippen LogP contribution in [0.25, 0.3) is 0 Å². The molecule has 0 bridgehead atoms. The second kappa shape index (κ2) is 4.91. The summed E-state index contributed by atoms with van der Waals surface area (Å²) >= 11 is 0. The van der Waals surface area contributed by atoms with Gasteiger partial charge in [0, 0.05) is 12.1 Å². The molecule has 0 unspecified atom stereocenters. The summed E-state index contributed by atoms with van der Waals surface area (Å²) in [6.07, 6.45) is -0.717. The van der Waals surface area contributed by atoms with Gasteiger partial charge in [0.25, 0.3) is 5.91 Å². The van der Waals surface area contributed by atoms with Crippen LogP contribution in [-0.4, -0.2) is 25.2 Å². The van der Waals surface area contributed by atoms with Crippen molar-refractivity contribution in [2.45, 2.75) is 6.92 Å². The lowest BCUT2D eigenvalue weighted by Crippen LogP contribution is -2.26. The van der Waals surface area contributed by atoms with Crippen LogP contribution in [0, 0.1) is 5.82 Å². The molecule has 0 aliphatic carbocycles. The zero-order chi connectivity index (χ0) is 13.1. The highest BCUT2D eigenvalue weighted by Gasteiger charge is 2.21. The van der Waals surface area contributed by atoms with E-state index in [2.05, 4.69) is 15.4 Å². The van der Waals surface area contributed by atoms with Gasteiger partial charge in [0.15, 0.2) is 12.4 Å². The first-order chi connectivity index (χ1) is 8.60. The van der Waals surface area contributed by atoms with E-state index in [1.54, 1.807) is 6.92 Å². The summed E-state index contributed by atoms with van der Waals surface area (Å²) in [6, 6.07) is 2.20. The Morgan fingerprint density at radius 2 is 2.39 bits per heavy atom. The Balaban J connectivity index is 2.30. The smallest absolute Gasteiger partial charge is 0.411 e. The summed E-state index contributed by atoms with van der Waals surface area (Å²) in [5.74, 6) is -0.773. The van der Waals surface area contributed by atoms with Crippen molar-refractivity contribution in [1.29, 1.82) is 0 Å². The third kappa shape index (κ3) is 2.50. The van der Waals surface area contributed by atoms with Gasteiger partial charge in [-0.1, -0.05) is 0 Å². The predicted molar refractivity (Wildman–Crippen MR) is 61.2 cm³/mol. The second-order valence-corrected chi connectivity index (χ2v) is 3.51. The van der Waals surface area contributed by atoms with Crippen LogP contribution in [0.2, 0.25) is 0 Å². The number of rotatable bonds is 2. The molecule has 18 heavy (non-hydrogen) atoms. The third-order valence-electron chi connectivity index (χ3n) is 2.19. The summed E-state index contributed by atoms with van der Waals surface area (Å²) in [4.78, 5) is 22.4. The molecule has 0 saturated carbocycles. The fraction of sp³-hybridized carbons (Fsp3) is 0.273. The molecule has 1 aromatic rings. The lowest BCUT2D eigenvalue weighted by molar-refractivity contribution is -0.118. The van der Waals surface area contributed by atoms with E-state index in [9.17, 15) is 14.0 Å². The quantitative estimate of drug-likeness (QED) is 0.842. The van der Waals surface area contributed by atoms with Gasteiger partial charge in [-0.15, -0.1) is 0 Å². The molecule has 2 N–H and O–H groups in total. The molecule has 7 heteroatoms. The highest BCUT2D eigenvalue weighted by Crippen LogP contribution is 2.36. The first kappa shape index (κ1) is 12.2. The summed E-state index contributed by atoms with van der Waals surface area (Å²) < 4.78 is 23.2. The van der Waals surface area contributed by atoms with Gasteiger partial charge in [-0.3, -0.25) is 10.1 Å².